The first-order valence-electron chi connectivity index (χ1n) is 9.06. The van der Waals surface area contributed by atoms with Crippen LogP contribution in [0, 0.1) is 0 Å². The molecule has 1 fully saturated rings. The maximum atomic E-state index is 13.3. The van der Waals surface area contributed by atoms with E-state index >= 15 is 0 Å². The van der Waals surface area contributed by atoms with Crippen LogP contribution in [-0.4, -0.2) is 28.0 Å². The van der Waals surface area contributed by atoms with Crippen LogP contribution in [0.15, 0.2) is 21.6 Å². The summed E-state index contributed by atoms with van der Waals surface area (Å²) in [5, 5.41) is 1.72. The molecule has 25 heavy (non-hydrogen) atoms. The van der Waals surface area contributed by atoms with Crippen LogP contribution in [0.25, 0.3) is 10.2 Å². The Bertz CT molecular complexity index is 872. The van der Waals surface area contributed by atoms with E-state index in [4.69, 9.17) is 9.72 Å². The Morgan fingerprint density at radius 1 is 1.40 bits per heavy atom. The number of nitrogens with zero attached hydrogens (tertiary/aromatic N) is 2. The lowest BCUT2D eigenvalue weighted by molar-refractivity contribution is 0.0937. The van der Waals surface area contributed by atoms with E-state index < -0.39 is 0 Å². The minimum Gasteiger partial charge on any atom is -0.376 e. The standard InChI is InChI=1S/C19H24N2O2S2/c1-12(2)8-10-24-19-20-17-16(14-6-3-7-15(14)25-17)18(22)21(19)11-13-5-4-9-23-13/h8,13H,3-7,9-11H2,1-2H3/t13-/m0/s1. The van der Waals surface area contributed by atoms with Crippen LogP contribution in [0.5, 0.6) is 0 Å². The van der Waals surface area contributed by atoms with E-state index in [2.05, 4.69) is 19.9 Å². The molecule has 4 nitrogen and oxygen atoms in total. The lowest BCUT2D eigenvalue weighted by atomic mass is 10.2. The number of hydrogen-bond donors (Lipinski definition) is 0. The maximum Gasteiger partial charge on any atom is 0.263 e. The summed E-state index contributed by atoms with van der Waals surface area (Å²) in [6.45, 7) is 5.63. The van der Waals surface area contributed by atoms with E-state index in [0.717, 1.165) is 53.4 Å². The molecule has 0 saturated carbocycles. The van der Waals surface area contributed by atoms with Gasteiger partial charge in [-0.15, -0.1) is 11.3 Å². The van der Waals surface area contributed by atoms with Crippen LogP contribution < -0.4 is 5.56 Å². The zero-order valence-electron chi connectivity index (χ0n) is 14.8. The van der Waals surface area contributed by atoms with E-state index in [1.807, 2.05) is 4.57 Å². The monoisotopic (exact) mass is 376 g/mol. The van der Waals surface area contributed by atoms with Gasteiger partial charge in [-0.3, -0.25) is 9.36 Å². The molecule has 0 bridgehead atoms. The van der Waals surface area contributed by atoms with Crippen LogP contribution >= 0.6 is 23.1 Å². The van der Waals surface area contributed by atoms with Gasteiger partial charge >= 0.3 is 0 Å². The van der Waals surface area contributed by atoms with Gasteiger partial charge in [-0.05, 0) is 51.5 Å². The molecule has 0 N–H and O–H groups in total. The third-order valence-corrected chi connectivity index (χ3v) is 6.99. The number of thiophene rings is 1. The summed E-state index contributed by atoms with van der Waals surface area (Å²) >= 11 is 3.38. The molecular weight excluding hydrogens is 352 g/mol. The number of allylic oxidation sites excluding steroid dienone is 1. The number of ether oxygens (including phenoxy) is 1. The SMILES string of the molecule is CC(C)=CCSc1nc2sc3c(c2c(=O)n1C[C@@H]1CCCO1)CCC3. The van der Waals surface area contributed by atoms with Crippen molar-refractivity contribution in [3.05, 3.63) is 32.4 Å². The number of aryl methyl sites for hydroxylation is 2. The number of hydrogen-bond acceptors (Lipinski definition) is 5. The summed E-state index contributed by atoms with van der Waals surface area (Å²) in [6.07, 6.45) is 7.74. The van der Waals surface area contributed by atoms with Crippen LogP contribution in [0.4, 0.5) is 0 Å². The Labute approximate surface area is 156 Å². The van der Waals surface area contributed by atoms with Gasteiger partial charge in [0.05, 0.1) is 18.0 Å². The van der Waals surface area contributed by atoms with Crippen molar-refractivity contribution < 1.29 is 4.74 Å². The van der Waals surface area contributed by atoms with Crippen molar-refractivity contribution in [1.82, 2.24) is 9.55 Å². The van der Waals surface area contributed by atoms with Crippen molar-refractivity contribution in [1.29, 1.82) is 0 Å². The number of fused-ring (bicyclic) bond motifs is 3. The third kappa shape index (κ3) is 3.44. The average molecular weight is 377 g/mol. The fourth-order valence-corrected chi connectivity index (χ4v) is 5.95. The van der Waals surface area contributed by atoms with Gasteiger partial charge in [0.15, 0.2) is 5.16 Å². The molecule has 2 aromatic heterocycles. The summed E-state index contributed by atoms with van der Waals surface area (Å²) in [6, 6.07) is 0. The van der Waals surface area contributed by atoms with Gasteiger partial charge in [0.1, 0.15) is 4.83 Å². The Morgan fingerprint density at radius 3 is 3.04 bits per heavy atom. The summed E-state index contributed by atoms with van der Waals surface area (Å²) < 4.78 is 7.67. The number of thioether (sulfide) groups is 1. The lowest BCUT2D eigenvalue weighted by Gasteiger charge is -2.15. The van der Waals surface area contributed by atoms with Crippen molar-refractivity contribution in [3.8, 4) is 0 Å². The normalized spacial score (nSPS) is 19.5. The molecule has 1 aliphatic heterocycles. The molecule has 134 valence electrons. The second kappa shape index (κ2) is 7.25. The molecular formula is C19H24N2O2S2. The smallest absolute Gasteiger partial charge is 0.263 e. The first kappa shape index (κ1) is 17.3. The van der Waals surface area contributed by atoms with Crippen molar-refractivity contribution in [3.63, 3.8) is 0 Å². The molecule has 0 amide bonds. The second-order valence-electron chi connectivity index (χ2n) is 7.08. The summed E-state index contributed by atoms with van der Waals surface area (Å²) in [7, 11) is 0. The molecule has 6 heteroatoms. The van der Waals surface area contributed by atoms with E-state index in [9.17, 15) is 4.79 Å². The van der Waals surface area contributed by atoms with Gasteiger partial charge in [-0.1, -0.05) is 23.4 Å². The minimum absolute atomic E-state index is 0.139. The molecule has 1 atom stereocenters. The highest BCUT2D eigenvalue weighted by Gasteiger charge is 2.25. The largest absolute Gasteiger partial charge is 0.376 e. The highest BCUT2D eigenvalue weighted by atomic mass is 32.2. The third-order valence-electron chi connectivity index (χ3n) is 4.90. The molecule has 4 rings (SSSR count). The fourth-order valence-electron chi connectivity index (χ4n) is 3.60. The Hall–Kier alpha value is -1.11. The average Bonchev–Trinajstić information content (AvgIpc) is 3.27. The van der Waals surface area contributed by atoms with Crippen LogP contribution in [-0.2, 0) is 24.1 Å². The summed E-state index contributed by atoms with van der Waals surface area (Å²) in [4.78, 5) is 20.5. The molecule has 2 aromatic rings. The van der Waals surface area contributed by atoms with E-state index in [1.165, 1.54) is 22.4 Å². The van der Waals surface area contributed by atoms with Crippen LogP contribution in [0.2, 0.25) is 0 Å². The van der Waals surface area contributed by atoms with Crippen molar-refractivity contribution in [2.45, 2.75) is 63.8 Å². The van der Waals surface area contributed by atoms with Gasteiger partial charge in [-0.2, -0.15) is 0 Å². The first-order chi connectivity index (χ1) is 12.1. The van der Waals surface area contributed by atoms with Crippen LogP contribution in [0.3, 0.4) is 0 Å². The highest BCUT2D eigenvalue weighted by molar-refractivity contribution is 7.99. The molecule has 0 radical (unpaired) electrons. The lowest BCUT2D eigenvalue weighted by Crippen LogP contribution is -2.28. The van der Waals surface area contributed by atoms with Crippen molar-refractivity contribution >= 4 is 33.3 Å². The van der Waals surface area contributed by atoms with Gasteiger partial charge in [0.25, 0.3) is 5.56 Å². The van der Waals surface area contributed by atoms with Gasteiger partial charge in [0.2, 0.25) is 0 Å². The molecule has 0 aromatic carbocycles. The topological polar surface area (TPSA) is 44.1 Å². The zero-order valence-corrected chi connectivity index (χ0v) is 16.5. The Kier molecular flexibility index (Phi) is 5.02. The quantitative estimate of drug-likeness (QED) is 0.446. The summed E-state index contributed by atoms with van der Waals surface area (Å²) in [5.41, 5.74) is 2.69. The van der Waals surface area contributed by atoms with Crippen molar-refractivity contribution in [2.75, 3.05) is 12.4 Å². The molecule has 0 spiro atoms. The fraction of sp³-hybridized carbons (Fsp3) is 0.579. The maximum absolute atomic E-state index is 13.3. The van der Waals surface area contributed by atoms with E-state index in [0.29, 0.717) is 6.54 Å². The molecule has 0 unspecified atom stereocenters. The Balaban J connectivity index is 1.77. The molecule has 1 aliphatic carbocycles. The highest BCUT2D eigenvalue weighted by Crippen LogP contribution is 2.35. The van der Waals surface area contributed by atoms with E-state index in [-0.39, 0.29) is 11.7 Å². The van der Waals surface area contributed by atoms with Gasteiger partial charge < -0.3 is 4.74 Å². The van der Waals surface area contributed by atoms with Crippen molar-refractivity contribution in [2.24, 2.45) is 0 Å². The first-order valence-corrected chi connectivity index (χ1v) is 10.9. The Morgan fingerprint density at radius 2 is 2.28 bits per heavy atom. The number of aromatic nitrogens is 2. The summed E-state index contributed by atoms with van der Waals surface area (Å²) in [5.74, 6) is 0.844. The second-order valence-corrected chi connectivity index (χ2v) is 9.15. The predicted molar refractivity (Wildman–Crippen MR) is 105 cm³/mol. The number of rotatable bonds is 5. The predicted octanol–water partition coefficient (Wildman–Crippen LogP) is 4.18. The molecule has 3 heterocycles. The van der Waals surface area contributed by atoms with Crippen LogP contribution in [0.1, 0.15) is 43.6 Å². The zero-order chi connectivity index (χ0) is 17.4. The van der Waals surface area contributed by atoms with Gasteiger partial charge in [0, 0.05) is 17.2 Å². The van der Waals surface area contributed by atoms with Gasteiger partial charge in [-0.25, -0.2) is 4.98 Å². The molecule has 1 saturated heterocycles. The minimum atomic E-state index is 0.139. The van der Waals surface area contributed by atoms with E-state index in [1.54, 1.807) is 23.1 Å². The molecule has 2 aliphatic rings.